The van der Waals surface area contributed by atoms with Crippen LogP contribution in [-0.4, -0.2) is 16.1 Å². The van der Waals surface area contributed by atoms with Crippen molar-refractivity contribution in [2.75, 3.05) is 0 Å². The van der Waals surface area contributed by atoms with Crippen LogP contribution in [0.25, 0.3) is 0 Å². The first-order chi connectivity index (χ1) is 4.70. The lowest BCUT2D eigenvalue weighted by atomic mass is 10.4. The molecule has 11 heavy (non-hydrogen) atoms. The Kier molecular flexibility index (Phi) is 4.07. The molecule has 0 aliphatic carbocycles. The van der Waals surface area contributed by atoms with Gasteiger partial charge in [-0.15, -0.1) is 12.4 Å². The fourth-order valence-corrected chi connectivity index (χ4v) is 0.871. The van der Waals surface area contributed by atoms with Crippen LogP contribution < -0.4 is 0 Å². The summed E-state index contributed by atoms with van der Waals surface area (Å²) < 4.78 is 0.535. The number of halogens is 2. The van der Waals surface area contributed by atoms with Gasteiger partial charge in [0, 0.05) is 0 Å². The number of aromatic nitrogens is 1. The first kappa shape index (κ1) is 10.4. The van der Waals surface area contributed by atoms with Crippen LogP contribution in [0.2, 0.25) is 0 Å². The summed E-state index contributed by atoms with van der Waals surface area (Å²) in [5.74, 6) is -1.01. The maximum atomic E-state index is 10.3. The molecule has 0 amide bonds. The third-order valence-electron chi connectivity index (χ3n) is 0.934. The zero-order valence-electron chi connectivity index (χ0n) is 5.32. The molecule has 0 fully saturated rings. The number of hydrogen-bond acceptors (Lipinski definition) is 2. The van der Waals surface area contributed by atoms with Crippen molar-refractivity contribution >= 4 is 34.3 Å². The van der Waals surface area contributed by atoms with Crippen molar-refractivity contribution in [3.63, 3.8) is 0 Å². The quantitative estimate of drug-likeness (QED) is 0.761. The minimum Gasteiger partial charge on any atom is -0.477 e. The maximum absolute atomic E-state index is 10.3. The Hall–Kier alpha value is -0.610. The lowest BCUT2D eigenvalue weighted by molar-refractivity contribution is 0.0690. The van der Waals surface area contributed by atoms with Crippen molar-refractivity contribution < 1.29 is 9.90 Å². The molecule has 0 bridgehead atoms. The van der Waals surface area contributed by atoms with Gasteiger partial charge in [-0.3, -0.25) is 0 Å². The average molecular weight is 238 g/mol. The SMILES string of the molecule is Cl.O=C(O)c1cccc(Br)n1. The van der Waals surface area contributed by atoms with Gasteiger partial charge in [-0.2, -0.15) is 0 Å². The summed E-state index contributed by atoms with van der Waals surface area (Å²) in [6.45, 7) is 0. The van der Waals surface area contributed by atoms with Gasteiger partial charge in [0.2, 0.25) is 0 Å². The Morgan fingerprint density at radius 3 is 2.55 bits per heavy atom. The molecule has 0 aliphatic heterocycles. The molecule has 5 heteroatoms. The van der Waals surface area contributed by atoms with E-state index in [2.05, 4.69) is 20.9 Å². The summed E-state index contributed by atoms with van der Waals surface area (Å²) in [4.78, 5) is 14.0. The van der Waals surface area contributed by atoms with Gasteiger partial charge in [0.05, 0.1) is 0 Å². The number of rotatable bonds is 1. The summed E-state index contributed by atoms with van der Waals surface area (Å²) in [5, 5.41) is 8.43. The number of carboxylic acid groups (broad SMARTS) is 1. The number of hydrogen-bond donors (Lipinski definition) is 1. The molecule has 1 aromatic rings. The van der Waals surface area contributed by atoms with E-state index in [1.165, 1.54) is 6.07 Å². The van der Waals surface area contributed by atoms with Crippen LogP contribution in [0.4, 0.5) is 0 Å². The molecule has 1 rings (SSSR count). The Labute approximate surface area is 78.0 Å². The molecule has 0 aromatic carbocycles. The first-order valence-electron chi connectivity index (χ1n) is 2.56. The van der Waals surface area contributed by atoms with Gasteiger partial charge in [0.1, 0.15) is 10.3 Å². The predicted molar refractivity (Wildman–Crippen MR) is 46.1 cm³/mol. The van der Waals surface area contributed by atoms with Gasteiger partial charge >= 0.3 is 5.97 Å². The van der Waals surface area contributed by atoms with Crippen molar-refractivity contribution in [3.05, 3.63) is 28.5 Å². The molecule has 60 valence electrons. The zero-order valence-corrected chi connectivity index (χ0v) is 7.72. The van der Waals surface area contributed by atoms with E-state index in [1.807, 2.05) is 0 Å². The van der Waals surface area contributed by atoms with Crippen LogP contribution >= 0.6 is 28.3 Å². The largest absolute Gasteiger partial charge is 0.477 e. The van der Waals surface area contributed by atoms with Crippen molar-refractivity contribution in [1.82, 2.24) is 4.98 Å². The van der Waals surface area contributed by atoms with Gasteiger partial charge in [-0.05, 0) is 28.1 Å². The molecule has 1 heterocycles. The van der Waals surface area contributed by atoms with Crippen LogP contribution in [0.15, 0.2) is 22.8 Å². The van der Waals surface area contributed by atoms with Gasteiger partial charge in [-0.25, -0.2) is 9.78 Å². The monoisotopic (exact) mass is 237 g/mol. The van der Waals surface area contributed by atoms with E-state index >= 15 is 0 Å². The zero-order chi connectivity index (χ0) is 7.56. The maximum Gasteiger partial charge on any atom is 0.354 e. The third kappa shape index (κ3) is 2.86. The van der Waals surface area contributed by atoms with E-state index < -0.39 is 5.97 Å². The molecule has 0 radical (unpaired) electrons. The number of aromatic carboxylic acids is 1. The van der Waals surface area contributed by atoms with Crippen molar-refractivity contribution in [3.8, 4) is 0 Å². The number of nitrogens with zero attached hydrogens (tertiary/aromatic N) is 1. The molecule has 0 saturated carbocycles. The van der Waals surface area contributed by atoms with E-state index in [0.717, 1.165) is 0 Å². The lowest BCUT2D eigenvalue weighted by Crippen LogP contribution is -1.98. The lowest BCUT2D eigenvalue weighted by Gasteiger charge is -1.91. The smallest absolute Gasteiger partial charge is 0.354 e. The first-order valence-corrected chi connectivity index (χ1v) is 3.35. The van der Waals surface area contributed by atoms with E-state index in [0.29, 0.717) is 4.60 Å². The van der Waals surface area contributed by atoms with Crippen molar-refractivity contribution in [2.24, 2.45) is 0 Å². The minimum atomic E-state index is -1.01. The standard InChI is InChI=1S/C6H4BrNO2.ClH/c7-5-3-1-2-4(8-5)6(9)10;/h1-3H,(H,9,10);1H. The molecule has 0 spiro atoms. The van der Waals surface area contributed by atoms with Crippen LogP contribution in [0.1, 0.15) is 10.5 Å². The molecule has 1 N–H and O–H groups in total. The van der Waals surface area contributed by atoms with E-state index in [1.54, 1.807) is 12.1 Å². The van der Waals surface area contributed by atoms with Gasteiger partial charge in [0.15, 0.2) is 0 Å². The number of pyridine rings is 1. The van der Waals surface area contributed by atoms with Gasteiger partial charge in [0.25, 0.3) is 0 Å². The second-order valence-corrected chi connectivity index (χ2v) is 2.46. The molecule has 0 aliphatic rings. The fourth-order valence-electron chi connectivity index (χ4n) is 0.527. The number of carbonyl (C=O) groups is 1. The molecular formula is C6H5BrClNO2. The van der Waals surface area contributed by atoms with Crippen LogP contribution in [0, 0.1) is 0 Å². The molecule has 1 aromatic heterocycles. The van der Waals surface area contributed by atoms with E-state index in [-0.39, 0.29) is 18.1 Å². The Morgan fingerprint density at radius 2 is 2.18 bits per heavy atom. The van der Waals surface area contributed by atoms with E-state index in [9.17, 15) is 4.79 Å². The van der Waals surface area contributed by atoms with Crippen LogP contribution in [0.5, 0.6) is 0 Å². The highest BCUT2D eigenvalue weighted by Crippen LogP contribution is 2.05. The highest BCUT2D eigenvalue weighted by Gasteiger charge is 2.02. The summed E-state index contributed by atoms with van der Waals surface area (Å²) >= 11 is 3.06. The average Bonchev–Trinajstić information content (AvgIpc) is 1.88. The molecule has 3 nitrogen and oxygen atoms in total. The highest BCUT2D eigenvalue weighted by atomic mass is 79.9. The number of carboxylic acids is 1. The minimum absolute atomic E-state index is 0. The van der Waals surface area contributed by atoms with Crippen LogP contribution in [-0.2, 0) is 0 Å². The second-order valence-electron chi connectivity index (χ2n) is 1.65. The van der Waals surface area contributed by atoms with Gasteiger partial charge in [-0.1, -0.05) is 6.07 Å². The second kappa shape index (κ2) is 4.31. The predicted octanol–water partition coefficient (Wildman–Crippen LogP) is 1.96. The molecular weight excluding hydrogens is 233 g/mol. The topological polar surface area (TPSA) is 50.2 Å². The normalized spacial score (nSPS) is 8.45. The van der Waals surface area contributed by atoms with Crippen molar-refractivity contribution in [1.29, 1.82) is 0 Å². The van der Waals surface area contributed by atoms with E-state index in [4.69, 9.17) is 5.11 Å². The Morgan fingerprint density at radius 1 is 1.55 bits per heavy atom. The highest BCUT2D eigenvalue weighted by molar-refractivity contribution is 9.10. The van der Waals surface area contributed by atoms with Gasteiger partial charge < -0.3 is 5.11 Å². The molecule has 0 saturated heterocycles. The summed E-state index contributed by atoms with van der Waals surface area (Å²) in [6, 6.07) is 4.74. The summed E-state index contributed by atoms with van der Waals surface area (Å²) in [5.41, 5.74) is 0.0503. The summed E-state index contributed by atoms with van der Waals surface area (Å²) in [6.07, 6.45) is 0. The Bertz CT molecular complexity index is 267. The Balaban J connectivity index is 0.000001000. The fraction of sp³-hybridized carbons (Fsp3) is 0. The third-order valence-corrected chi connectivity index (χ3v) is 1.38. The summed E-state index contributed by atoms with van der Waals surface area (Å²) in [7, 11) is 0. The molecule has 0 unspecified atom stereocenters. The molecule has 0 atom stereocenters. The van der Waals surface area contributed by atoms with Crippen molar-refractivity contribution in [2.45, 2.75) is 0 Å². The van der Waals surface area contributed by atoms with Crippen LogP contribution in [0.3, 0.4) is 0 Å².